The van der Waals surface area contributed by atoms with Crippen LogP contribution in [0.15, 0.2) is 4.42 Å². The van der Waals surface area contributed by atoms with Gasteiger partial charge in [0.1, 0.15) is 0 Å². The number of hydrogen-bond donors (Lipinski definition) is 1. The lowest BCUT2D eigenvalue weighted by molar-refractivity contribution is 0.209. The van der Waals surface area contributed by atoms with Crippen LogP contribution in [0.4, 0.5) is 0 Å². The fourth-order valence-corrected chi connectivity index (χ4v) is 2.73. The normalized spacial score (nSPS) is 23.3. The second-order valence-electron chi connectivity index (χ2n) is 5.04. The molecule has 0 aromatic carbocycles. The van der Waals surface area contributed by atoms with Crippen LogP contribution < -0.4 is 5.32 Å². The second-order valence-corrected chi connectivity index (χ2v) is 5.04. The van der Waals surface area contributed by atoms with Gasteiger partial charge in [-0.25, -0.2) is 0 Å². The van der Waals surface area contributed by atoms with E-state index in [1.165, 1.54) is 25.7 Å². The lowest BCUT2D eigenvalue weighted by Crippen LogP contribution is -2.42. The van der Waals surface area contributed by atoms with Crippen molar-refractivity contribution in [3.63, 3.8) is 0 Å². The smallest absolute Gasteiger partial charge is 0.230 e. The highest BCUT2D eigenvalue weighted by Crippen LogP contribution is 2.33. The zero-order valence-corrected chi connectivity index (χ0v) is 10.2. The van der Waals surface area contributed by atoms with E-state index in [1.54, 1.807) is 0 Å². The molecule has 0 spiro atoms. The average Bonchev–Trinajstić information content (AvgIpc) is 3.00. The number of hydrogen-bond acceptors (Lipinski definition) is 5. The van der Waals surface area contributed by atoms with Gasteiger partial charge in [-0.1, -0.05) is 12.8 Å². The quantitative estimate of drug-likeness (QED) is 0.852. The number of nitrogens with one attached hydrogen (secondary N) is 1. The molecule has 5 heteroatoms. The summed E-state index contributed by atoms with van der Waals surface area (Å²) in [5, 5.41) is 11.7. The molecule has 0 amide bonds. The van der Waals surface area contributed by atoms with Crippen LogP contribution in [0, 0.1) is 0 Å². The molecule has 1 saturated heterocycles. The zero-order chi connectivity index (χ0) is 11.5. The molecule has 0 radical (unpaired) electrons. The van der Waals surface area contributed by atoms with Crippen molar-refractivity contribution in [3.8, 4) is 0 Å². The van der Waals surface area contributed by atoms with Gasteiger partial charge in [0.05, 0.1) is 6.54 Å². The van der Waals surface area contributed by atoms with Crippen LogP contribution in [0.2, 0.25) is 0 Å². The Morgan fingerprint density at radius 2 is 1.94 bits per heavy atom. The summed E-state index contributed by atoms with van der Waals surface area (Å²) in [6.07, 6.45) is 5.05. The third-order valence-corrected chi connectivity index (χ3v) is 3.76. The van der Waals surface area contributed by atoms with Gasteiger partial charge in [0.15, 0.2) is 0 Å². The Kier molecular flexibility index (Phi) is 3.38. The summed E-state index contributed by atoms with van der Waals surface area (Å²) >= 11 is 0. The van der Waals surface area contributed by atoms with Gasteiger partial charge in [-0.2, -0.15) is 0 Å². The Hall–Kier alpha value is -0.940. The standard InChI is InChI=1S/C12H20N4O/c1-2-4-10(3-1)12-15-14-11(17-12)9-16-7-5-13-6-8-16/h10,13H,1-9H2. The van der Waals surface area contributed by atoms with E-state index in [-0.39, 0.29) is 0 Å². The van der Waals surface area contributed by atoms with Gasteiger partial charge in [-0.05, 0) is 12.8 Å². The summed E-state index contributed by atoms with van der Waals surface area (Å²) in [5.74, 6) is 2.18. The molecule has 17 heavy (non-hydrogen) atoms. The first-order valence-electron chi connectivity index (χ1n) is 6.67. The van der Waals surface area contributed by atoms with E-state index in [0.717, 1.165) is 44.5 Å². The number of nitrogens with zero attached hydrogens (tertiary/aromatic N) is 3. The lowest BCUT2D eigenvalue weighted by atomic mass is 10.1. The number of piperazine rings is 1. The first-order chi connectivity index (χ1) is 8.42. The molecule has 2 aliphatic rings. The Morgan fingerprint density at radius 1 is 1.18 bits per heavy atom. The summed E-state index contributed by atoms with van der Waals surface area (Å²) in [6.45, 7) is 5.07. The molecule has 1 aliphatic carbocycles. The predicted octanol–water partition coefficient (Wildman–Crippen LogP) is 1.13. The summed E-state index contributed by atoms with van der Waals surface area (Å²) < 4.78 is 5.79. The maximum absolute atomic E-state index is 5.79. The van der Waals surface area contributed by atoms with Crippen molar-refractivity contribution < 1.29 is 4.42 Å². The van der Waals surface area contributed by atoms with Gasteiger partial charge in [-0.15, -0.1) is 10.2 Å². The maximum atomic E-state index is 5.79. The average molecular weight is 236 g/mol. The van der Waals surface area contributed by atoms with E-state index in [9.17, 15) is 0 Å². The van der Waals surface area contributed by atoms with Gasteiger partial charge < -0.3 is 9.73 Å². The third kappa shape index (κ3) is 2.66. The van der Waals surface area contributed by atoms with E-state index >= 15 is 0 Å². The van der Waals surface area contributed by atoms with Crippen molar-refractivity contribution >= 4 is 0 Å². The molecule has 1 aromatic rings. The van der Waals surface area contributed by atoms with Gasteiger partial charge in [0, 0.05) is 32.1 Å². The van der Waals surface area contributed by atoms with Crippen LogP contribution >= 0.6 is 0 Å². The van der Waals surface area contributed by atoms with Crippen LogP contribution in [-0.2, 0) is 6.54 Å². The maximum Gasteiger partial charge on any atom is 0.230 e. The van der Waals surface area contributed by atoms with Gasteiger partial charge in [0.25, 0.3) is 0 Å². The van der Waals surface area contributed by atoms with Gasteiger partial charge >= 0.3 is 0 Å². The summed E-state index contributed by atoms with van der Waals surface area (Å²) in [7, 11) is 0. The first kappa shape index (κ1) is 11.2. The minimum atomic E-state index is 0.527. The zero-order valence-electron chi connectivity index (χ0n) is 10.2. The molecule has 94 valence electrons. The fraction of sp³-hybridized carbons (Fsp3) is 0.833. The number of rotatable bonds is 3. The highest BCUT2D eigenvalue weighted by Gasteiger charge is 2.23. The second kappa shape index (κ2) is 5.14. The molecule has 0 bridgehead atoms. The highest BCUT2D eigenvalue weighted by molar-refractivity contribution is 4.94. The Morgan fingerprint density at radius 3 is 2.71 bits per heavy atom. The van der Waals surface area contributed by atoms with Crippen molar-refractivity contribution in [1.29, 1.82) is 0 Å². The van der Waals surface area contributed by atoms with Crippen molar-refractivity contribution in [2.75, 3.05) is 26.2 Å². The molecular formula is C12H20N4O. The van der Waals surface area contributed by atoms with Crippen LogP contribution in [0.3, 0.4) is 0 Å². The molecular weight excluding hydrogens is 216 g/mol. The van der Waals surface area contributed by atoms with Crippen LogP contribution in [0.25, 0.3) is 0 Å². The molecule has 3 rings (SSSR count). The molecule has 1 N–H and O–H groups in total. The van der Waals surface area contributed by atoms with Crippen molar-refractivity contribution in [3.05, 3.63) is 11.8 Å². The largest absolute Gasteiger partial charge is 0.424 e. The molecule has 5 nitrogen and oxygen atoms in total. The predicted molar refractivity (Wildman–Crippen MR) is 63.7 cm³/mol. The molecule has 0 unspecified atom stereocenters. The van der Waals surface area contributed by atoms with E-state index in [1.807, 2.05) is 0 Å². The minimum Gasteiger partial charge on any atom is -0.424 e. The van der Waals surface area contributed by atoms with Gasteiger partial charge in [0.2, 0.25) is 11.8 Å². The Bertz CT molecular complexity index is 353. The molecule has 0 atom stereocenters. The molecule has 1 saturated carbocycles. The lowest BCUT2D eigenvalue weighted by Gasteiger charge is -2.25. The summed E-state index contributed by atoms with van der Waals surface area (Å²) in [4.78, 5) is 2.36. The van der Waals surface area contributed by atoms with Crippen LogP contribution in [0.1, 0.15) is 43.4 Å². The Balaban J connectivity index is 1.59. The van der Waals surface area contributed by atoms with Crippen LogP contribution in [-0.4, -0.2) is 41.3 Å². The van der Waals surface area contributed by atoms with E-state index in [4.69, 9.17) is 4.42 Å². The van der Waals surface area contributed by atoms with Crippen molar-refractivity contribution in [1.82, 2.24) is 20.4 Å². The van der Waals surface area contributed by atoms with Crippen molar-refractivity contribution in [2.24, 2.45) is 0 Å². The van der Waals surface area contributed by atoms with E-state index in [0.29, 0.717) is 5.92 Å². The molecule has 1 aromatic heterocycles. The molecule has 1 aliphatic heterocycles. The van der Waals surface area contributed by atoms with Crippen molar-refractivity contribution in [2.45, 2.75) is 38.1 Å². The van der Waals surface area contributed by atoms with Crippen LogP contribution in [0.5, 0.6) is 0 Å². The number of aromatic nitrogens is 2. The monoisotopic (exact) mass is 236 g/mol. The SMILES string of the molecule is C1CCC(c2nnc(CN3CCNCC3)o2)C1. The van der Waals surface area contributed by atoms with Gasteiger partial charge in [-0.3, -0.25) is 4.90 Å². The topological polar surface area (TPSA) is 54.2 Å². The Labute approximate surface area is 102 Å². The molecule has 2 heterocycles. The summed E-state index contributed by atoms with van der Waals surface area (Å²) in [5.41, 5.74) is 0. The van der Waals surface area contributed by atoms with E-state index in [2.05, 4.69) is 20.4 Å². The third-order valence-electron chi connectivity index (χ3n) is 3.76. The fourth-order valence-electron chi connectivity index (χ4n) is 2.73. The first-order valence-corrected chi connectivity index (χ1v) is 6.67. The molecule has 2 fully saturated rings. The van der Waals surface area contributed by atoms with E-state index < -0.39 is 0 Å². The minimum absolute atomic E-state index is 0.527. The summed E-state index contributed by atoms with van der Waals surface area (Å²) in [6, 6.07) is 0. The highest BCUT2D eigenvalue weighted by atomic mass is 16.4.